The smallest absolute Gasteiger partial charge is 0.261 e. The van der Waals surface area contributed by atoms with E-state index >= 15 is 0 Å². The van der Waals surface area contributed by atoms with E-state index in [0.717, 1.165) is 13.1 Å². The number of aromatic hydroxyl groups is 1. The van der Waals surface area contributed by atoms with Gasteiger partial charge in [0.2, 0.25) is 5.91 Å². The first-order valence-corrected chi connectivity index (χ1v) is 13.0. The lowest BCUT2D eigenvalue weighted by Crippen LogP contribution is -2.57. The van der Waals surface area contributed by atoms with Crippen molar-refractivity contribution in [1.82, 2.24) is 19.7 Å². The lowest BCUT2D eigenvalue weighted by Gasteiger charge is -2.41. The Labute approximate surface area is 225 Å². The zero-order chi connectivity index (χ0) is 26.4. The summed E-state index contributed by atoms with van der Waals surface area (Å²) in [6.45, 7) is 9.10. The Morgan fingerprint density at radius 3 is 2.62 bits per heavy atom. The lowest BCUT2D eigenvalue weighted by atomic mass is 10.0. The number of phenols is 1. The van der Waals surface area contributed by atoms with E-state index in [1.807, 2.05) is 0 Å². The van der Waals surface area contributed by atoms with Crippen molar-refractivity contribution in [1.29, 1.82) is 0 Å². The van der Waals surface area contributed by atoms with Crippen LogP contribution in [0.15, 0.2) is 30.9 Å². The molecule has 0 unspecified atom stereocenters. The number of anilines is 1. The zero-order valence-corrected chi connectivity index (χ0v) is 22.3. The van der Waals surface area contributed by atoms with E-state index in [9.17, 15) is 14.7 Å². The Morgan fingerprint density at radius 2 is 1.92 bits per heavy atom. The molecule has 4 heterocycles. The molecule has 2 aromatic rings. The molecule has 1 aromatic carbocycles. The summed E-state index contributed by atoms with van der Waals surface area (Å²) in [5, 5.41) is 11.1. The highest BCUT2D eigenvalue weighted by molar-refractivity contribution is 6.38. The van der Waals surface area contributed by atoms with Crippen LogP contribution in [0.2, 0.25) is 10.0 Å². The van der Waals surface area contributed by atoms with Crippen molar-refractivity contribution in [2.45, 2.75) is 19.0 Å². The van der Waals surface area contributed by atoms with E-state index in [0.29, 0.717) is 37.6 Å². The normalized spacial score (nSPS) is 22.2. The summed E-state index contributed by atoms with van der Waals surface area (Å²) in [6.07, 6.45) is 1.28. The average Bonchev–Trinajstić information content (AvgIpc) is 3.01. The van der Waals surface area contributed by atoms with Gasteiger partial charge in [0, 0.05) is 45.3 Å². The Morgan fingerprint density at radius 1 is 1.16 bits per heavy atom. The molecule has 9 nitrogen and oxygen atoms in total. The Balaban J connectivity index is 1.67. The number of phenolic OH excluding ortho intramolecular Hbond substituents is 1. The van der Waals surface area contributed by atoms with E-state index < -0.39 is 0 Å². The first kappa shape index (κ1) is 25.6. The van der Waals surface area contributed by atoms with Gasteiger partial charge >= 0.3 is 0 Å². The molecule has 11 heteroatoms. The van der Waals surface area contributed by atoms with Gasteiger partial charge in [-0.2, -0.15) is 0 Å². The number of halogens is 2. The van der Waals surface area contributed by atoms with Crippen molar-refractivity contribution in [2.75, 3.05) is 57.8 Å². The summed E-state index contributed by atoms with van der Waals surface area (Å²) in [7, 11) is 2.06. The number of hydrogen-bond acceptors (Lipinski definition) is 7. The van der Waals surface area contributed by atoms with Gasteiger partial charge in [0.05, 0.1) is 16.6 Å². The molecule has 0 aliphatic carbocycles. The van der Waals surface area contributed by atoms with E-state index in [4.69, 9.17) is 32.9 Å². The van der Waals surface area contributed by atoms with Gasteiger partial charge in [-0.25, -0.2) is 4.98 Å². The van der Waals surface area contributed by atoms with Crippen molar-refractivity contribution in [2.24, 2.45) is 0 Å². The number of amides is 2. The van der Waals surface area contributed by atoms with Gasteiger partial charge in [0.15, 0.2) is 5.75 Å². The summed E-state index contributed by atoms with van der Waals surface area (Å²) in [5.74, 6) is 0.165. The van der Waals surface area contributed by atoms with Gasteiger partial charge < -0.3 is 29.4 Å². The number of rotatable bonds is 3. The highest BCUT2D eigenvalue weighted by Gasteiger charge is 2.41. The SMILES string of the molecule is C=CC(=O)N1CCN2C(=O)c3c(N4CCN(C)C[C@@H]4C)nc(-c4c(O)cccc4Cl)c(Cl)c3OC[C@H]2C1. The number of fused-ring (bicyclic) bond motifs is 2. The predicted molar refractivity (Wildman–Crippen MR) is 143 cm³/mol. The van der Waals surface area contributed by atoms with Crippen molar-refractivity contribution in [3.63, 3.8) is 0 Å². The van der Waals surface area contributed by atoms with Crippen LogP contribution in [0, 0.1) is 0 Å². The van der Waals surface area contributed by atoms with Crippen LogP contribution in [-0.2, 0) is 4.79 Å². The molecule has 0 bridgehead atoms. The van der Waals surface area contributed by atoms with Crippen LogP contribution >= 0.6 is 23.2 Å². The quantitative estimate of drug-likeness (QED) is 0.592. The highest BCUT2D eigenvalue weighted by Crippen LogP contribution is 2.47. The van der Waals surface area contributed by atoms with Gasteiger partial charge in [-0.1, -0.05) is 35.8 Å². The minimum atomic E-state index is -0.358. The van der Waals surface area contributed by atoms with Crippen LogP contribution in [0.4, 0.5) is 5.82 Å². The third-order valence-electron chi connectivity index (χ3n) is 7.27. The topological polar surface area (TPSA) is 89.5 Å². The number of nitrogens with zero attached hydrogens (tertiary/aromatic N) is 5. The van der Waals surface area contributed by atoms with Crippen molar-refractivity contribution in [3.05, 3.63) is 46.5 Å². The first-order chi connectivity index (χ1) is 17.7. The van der Waals surface area contributed by atoms with Crippen LogP contribution in [0.1, 0.15) is 17.3 Å². The summed E-state index contributed by atoms with van der Waals surface area (Å²) in [4.78, 5) is 39.0. The predicted octanol–water partition coefficient (Wildman–Crippen LogP) is 3.13. The van der Waals surface area contributed by atoms with Gasteiger partial charge in [-0.05, 0) is 32.2 Å². The lowest BCUT2D eigenvalue weighted by molar-refractivity contribution is -0.128. The van der Waals surface area contributed by atoms with Gasteiger partial charge in [-0.15, -0.1) is 0 Å². The molecular weight excluding hydrogens is 517 g/mol. The van der Waals surface area contributed by atoms with Gasteiger partial charge in [0.25, 0.3) is 5.91 Å². The fourth-order valence-electron chi connectivity index (χ4n) is 5.35. The number of hydrogen-bond donors (Lipinski definition) is 1. The standard InChI is InChI=1S/C26H29Cl2N5O4/c1-4-19(35)31-9-11-33-16(13-31)14-37-24-21(26(33)36)25(32-10-8-30(3)12-15(32)2)29-23(22(24)28)20-17(27)6-5-7-18(20)34/h4-7,15-16,34H,1,8-14H2,2-3H3/t15-,16+/m0/s1. The van der Waals surface area contributed by atoms with Gasteiger partial charge in [-0.3, -0.25) is 9.59 Å². The summed E-state index contributed by atoms with van der Waals surface area (Å²) >= 11 is 13.4. The van der Waals surface area contributed by atoms with Gasteiger partial charge in [0.1, 0.15) is 34.5 Å². The van der Waals surface area contributed by atoms with Crippen LogP contribution < -0.4 is 9.64 Å². The second kappa shape index (κ2) is 10.0. The van der Waals surface area contributed by atoms with Crippen LogP contribution in [0.25, 0.3) is 11.3 Å². The van der Waals surface area contributed by atoms with E-state index in [1.54, 1.807) is 21.9 Å². The number of piperazine rings is 2. The van der Waals surface area contributed by atoms with Crippen molar-refractivity contribution >= 4 is 40.8 Å². The molecule has 3 aliphatic heterocycles. The number of benzene rings is 1. The second-order valence-corrected chi connectivity index (χ2v) is 10.5. The highest BCUT2D eigenvalue weighted by atomic mass is 35.5. The molecule has 37 heavy (non-hydrogen) atoms. The fourth-order valence-corrected chi connectivity index (χ4v) is 5.90. The summed E-state index contributed by atoms with van der Waals surface area (Å²) in [6, 6.07) is 4.49. The molecule has 1 N–H and O–H groups in total. The van der Waals surface area contributed by atoms with E-state index in [-0.39, 0.29) is 63.3 Å². The molecular formula is C26H29Cl2N5O4. The molecule has 0 radical (unpaired) electrons. The number of carbonyl (C=O) groups is 2. The minimum absolute atomic E-state index is 0.0538. The molecule has 5 rings (SSSR count). The Bertz CT molecular complexity index is 1250. The number of aromatic nitrogens is 1. The molecule has 0 saturated carbocycles. The summed E-state index contributed by atoms with van der Waals surface area (Å²) < 4.78 is 6.25. The number of pyridine rings is 1. The maximum atomic E-state index is 14.1. The first-order valence-electron chi connectivity index (χ1n) is 12.2. The zero-order valence-electron chi connectivity index (χ0n) is 20.8. The third kappa shape index (κ3) is 4.49. The molecule has 1 aromatic heterocycles. The molecule has 2 fully saturated rings. The molecule has 2 amide bonds. The van der Waals surface area contributed by atoms with E-state index in [1.165, 1.54) is 12.1 Å². The van der Waals surface area contributed by atoms with Crippen LogP contribution in [0.5, 0.6) is 11.5 Å². The number of ether oxygens (including phenoxy) is 1. The maximum absolute atomic E-state index is 14.1. The summed E-state index contributed by atoms with van der Waals surface area (Å²) in [5.41, 5.74) is 0.823. The Kier molecular flexibility index (Phi) is 6.95. The van der Waals surface area contributed by atoms with Crippen molar-refractivity contribution in [3.8, 4) is 22.8 Å². The minimum Gasteiger partial charge on any atom is -0.507 e. The van der Waals surface area contributed by atoms with E-state index in [2.05, 4.69) is 30.4 Å². The van der Waals surface area contributed by atoms with Crippen molar-refractivity contribution < 1.29 is 19.4 Å². The average molecular weight is 546 g/mol. The number of carbonyl (C=O) groups excluding carboxylic acids is 2. The third-order valence-corrected chi connectivity index (χ3v) is 7.94. The molecule has 3 aliphatic rings. The molecule has 196 valence electrons. The fraction of sp³-hybridized carbons (Fsp3) is 0.423. The van der Waals surface area contributed by atoms with Crippen LogP contribution in [0.3, 0.4) is 0 Å². The number of likely N-dealkylation sites (N-methyl/N-ethyl adjacent to an activating group) is 1. The maximum Gasteiger partial charge on any atom is 0.261 e. The van der Waals surface area contributed by atoms with Crippen LogP contribution in [-0.4, -0.2) is 102 Å². The largest absolute Gasteiger partial charge is 0.507 e. The molecule has 2 atom stereocenters. The molecule has 2 saturated heterocycles. The second-order valence-electron chi connectivity index (χ2n) is 9.69. The monoisotopic (exact) mass is 545 g/mol. The Hall–Kier alpha value is -3.01. The molecule has 0 spiro atoms.